The molecule has 0 saturated heterocycles. The molecule has 0 spiro atoms. The van der Waals surface area contributed by atoms with Gasteiger partial charge in [-0.3, -0.25) is 0 Å². The second kappa shape index (κ2) is 28.0. The lowest BCUT2D eigenvalue weighted by Crippen LogP contribution is -2.41. The summed E-state index contributed by atoms with van der Waals surface area (Å²) in [6.45, 7) is 21.2. The zero-order valence-electron chi connectivity index (χ0n) is 66.2. The third kappa shape index (κ3) is 13.3. The molecular formula is C95H116F2N8O4. The van der Waals surface area contributed by atoms with E-state index in [1.807, 2.05) is 12.1 Å². The Balaban J connectivity index is 0.000000106. The van der Waals surface area contributed by atoms with E-state index < -0.39 is 28.6 Å². The van der Waals surface area contributed by atoms with Crippen molar-refractivity contribution in [2.45, 2.75) is 275 Å². The number of hydrogen-bond acceptors (Lipinski definition) is 12. The summed E-state index contributed by atoms with van der Waals surface area (Å²) in [6.07, 6.45) is 54.5. The minimum atomic E-state index is -3.42. The van der Waals surface area contributed by atoms with Crippen molar-refractivity contribution in [3.8, 4) is 72.4 Å². The number of nitrogens with zero attached hydrogens (tertiary/aromatic N) is 8. The van der Waals surface area contributed by atoms with Crippen LogP contribution in [0.15, 0.2) is 114 Å². The lowest BCUT2D eigenvalue weighted by Gasteiger charge is -2.50. The van der Waals surface area contributed by atoms with Crippen LogP contribution in [0, 0.1) is 142 Å². The first-order chi connectivity index (χ1) is 52.4. The summed E-state index contributed by atoms with van der Waals surface area (Å²) in [5, 5.41) is 30.9. The monoisotopic (exact) mass is 1470 g/mol. The summed E-state index contributed by atoms with van der Waals surface area (Å²) >= 11 is 0. The molecule has 20 atom stereocenters. The van der Waals surface area contributed by atoms with Gasteiger partial charge in [-0.05, 0) is 381 Å². The second-order valence-electron chi connectivity index (χ2n) is 38.3. The van der Waals surface area contributed by atoms with E-state index in [1.54, 1.807) is 16.7 Å². The predicted octanol–water partition coefficient (Wildman–Crippen LogP) is 22.8. The quantitative estimate of drug-likeness (QED) is 0.109. The molecule has 0 N–H and O–H groups in total. The van der Waals surface area contributed by atoms with E-state index >= 15 is 0 Å². The highest BCUT2D eigenvalue weighted by molar-refractivity contribution is 5.45. The van der Waals surface area contributed by atoms with E-state index in [9.17, 15) is 8.78 Å². The first-order valence-corrected chi connectivity index (χ1v) is 42.5. The second-order valence-corrected chi connectivity index (χ2v) is 38.3. The van der Waals surface area contributed by atoms with Crippen LogP contribution >= 0.6 is 0 Å². The van der Waals surface area contributed by atoms with Crippen LogP contribution < -0.4 is 18.9 Å². The maximum atomic E-state index is 13.8. The Bertz CT molecular complexity index is 4450. The molecule has 20 rings (SSSR count). The molecule has 12 aliphatic carbocycles. The number of ether oxygens (including phenoxy) is 4. The molecule has 4 aromatic rings. The van der Waals surface area contributed by atoms with Crippen molar-refractivity contribution in [2.24, 2.45) is 134 Å². The van der Waals surface area contributed by atoms with Gasteiger partial charge in [-0.25, -0.2) is 0 Å². The van der Waals surface area contributed by atoms with E-state index in [1.165, 1.54) is 181 Å². The average molecular weight is 1470 g/mol. The van der Waals surface area contributed by atoms with Gasteiger partial charge in [-0.2, -0.15) is 19.0 Å². The fraction of sp³-hybridized carbons (Fsp3) is 0.663. The van der Waals surface area contributed by atoms with Gasteiger partial charge in [0.15, 0.2) is 0 Å². The molecule has 4 aromatic carbocycles. The molecule has 16 aliphatic rings. The van der Waals surface area contributed by atoms with Gasteiger partial charge in [-0.15, -0.1) is 62.3 Å². The SMILES string of the molecule is C#CC(F)(F)C1(COc2ccc3c(c2)CC[C@@H]2[C@@H]3CC[C@]3(C)[C@@H](C)CC[C@@H]23)N=N1.C#CC1(CCOc2ccc3c(c2)CC[C@@H]2[C@@H]3CC[C@]3(C)[C@@H](C)CC[C@@H]23)N=N1.C#CC1(COc2ccc3c(c2)CC[C@@H]2[C@@H]3CC[C@]3(C)[C@@H](C)CC[C@@H]23)N=N1.C#CCC1(COc2ccc3c(c2)CC[C@@H]2[C@@H]3CC[C@]3(C)[C@@H](C)CC[C@@H]23)N=N1. The number of aryl methyl sites for hydroxylation is 4. The molecule has 574 valence electrons. The molecule has 0 bridgehead atoms. The standard InChI is InChI=1S/C24H28F2N2O.2C24H30N2O.C23H28N2O/c1-4-23(25,26)24(27-28-24)14-29-17-7-9-18-16(13-17)6-8-20-19(18)11-12-22(3)15(2)5-10-21(20)22;1-4-24(25-26-24)13-14-27-18-7-9-19-17(15-18)6-8-21-20(19)11-12-23(3)16(2)5-10-22(21)23;1-4-12-24(25-26-24)15-27-18-7-9-19-17(14-18)6-8-21-20(19)11-13-23(3)16(2)5-10-22(21)23;1-4-23(24-25-23)14-26-17-7-9-18-16(13-17)6-8-20-19(18)11-12-22(3)15(2)5-10-21(20)22/h1,7,9,13,15,19-21H,5-6,8,10-12,14H2,2-3H3;1,7,9,15-16,20-22H,5-6,8,10-14H2,2-3H3;1,7,9,14,16,20-22H,5-6,8,10-13,15H2,2-3H3;1,7,9,13,15,19-21H,5-6,8,10-12,14H2,2-3H3/t15-,19+,20+,21-,22+;2*16-,20+,21+,22-,23+;15-,19+,20+,21-,22+/m0000/s1. The molecule has 0 aromatic heterocycles. The number of fused-ring (bicyclic) bond motifs is 20. The molecule has 12 nitrogen and oxygen atoms in total. The van der Waals surface area contributed by atoms with Crippen LogP contribution in [0.25, 0.3) is 0 Å². The Morgan fingerprint density at radius 2 is 0.725 bits per heavy atom. The van der Waals surface area contributed by atoms with Gasteiger partial charge >= 0.3 is 5.92 Å². The van der Waals surface area contributed by atoms with Gasteiger partial charge in [0.1, 0.15) is 42.8 Å². The van der Waals surface area contributed by atoms with Crippen molar-refractivity contribution >= 4 is 0 Å². The first-order valence-electron chi connectivity index (χ1n) is 42.5. The summed E-state index contributed by atoms with van der Waals surface area (Å²) in [4.78, 5) is 0. The number of terminal acetylenes is 4. The fourth-order valence-corrected chi connectivity index (χ4v) is 25.9. The lowest BCUT2D eigenvalue weighted by atomic mass is 9.54. The largest absolute Gasteiger partial charge is 0.493 e. The third-order valence-electron chi connectivity index (χ3n) is 33.7. The van der Waals surface area contributed by atoms with Gasteiger partial charge in [-0.1, -0.05) is 79.7 Å². The average Bonchev–Trinajstić information content (AvgIpc) is 1.60. The Labute approximate surface area is 648 Å². The van der Waals surface area contributed by atoms with Gasteiger partial charge in [0.2, 0.25) is 5.66 Å². The van der Waals surface area contributed by atoms with E-state index in [-0.39, 0.29) is 6.61 Å². The maximum Gasteiger partial charge on any atom is 0.359 e. The molecule has 109 heavy (non-hydrogen) atoms. The summed E-state index contributed by atoms with van der Waals surface area (Å²) in [6, 6.07) is 26.3. The number of hydrogen-bond donors (Lipinski definition) is 0. The topological polar surface area (TPSA) is 136 Å². The predicted molar refractivity (Wildman–Crippen MR) is 423 cm³/mol. The number of halogens is 2. The van der Waals surface area contributed by atoms with Crippen molar-refractivity contribution < 1.29 is 27.7 Å². The van der Waals surface area contributed by atoms with E-state index in [2.05, 4.69) is 175 Å². The highest BCUT2D eigenvalue weighted by Gasteiger charge is 2.63. The minimum Gasteiger partial charge on any atom is -0.493 e. The van der Waals surface area contributed by atoms with Gasteiger partial charge in [0.25, 0.3) is 17.0 Å². The van der Waals surface area contributed by atoms with Gasteiger partial charge < -0.3 is 18.9 Å². The van der Waals surface area contributed by atoms with Crippen LogP contribution in [-0.2, 0) is 25.7 Å². The van der Waals surface area contributed by atoms with Crippen LogP contribution in [0.4, 0.5) is 8.78 Å². The zero-order valence-corrected chi connectivity index (χ0v) is 66.2. The summed E-state index contributed by atoms with van der Waals surface area (Å²) in [7, 11) is 0. The number of alkyl halides is 2. The van der Waals surface area contributed by atoms with Crippen LogP contribution in [0.5, 0.6) is 23.0 Å². The Kier molecular flexibility index (Phi) is 19.1. The molecule has 4 heterocycles. The lowest BCUT2D eigenvalue weighted by molar-refractivity contribution is -0.00226. The van der Waals surface area contributed by atoms with Crippen LogP contribution in [0.1, 0.15) is 265 Å². The molecule has 0 unspecified atom stereocenters. The van der Waals surface area contributed by atoms with Crippen molar-refractivity contribution in [3.63, 3.8) is 0 Å². The highest BCUT2D eigenvalue weighted by Crippen LogP contribution is 2.68. The van der Waals surface area contributed by atoms with E-state index in [0.29, 0.717) is 66.0 Å². The maximum absolute atomic E-state index is 13.8. The zero-order chi connectivity index (χ0) is 75.7. The summed E-state index contributed by atoms with van der Waals surface area (Å²) in [5.41, 5.74) is 10.6. The number of rotatable bonds is 15. The minimum absolute atomic E-state index is 0.326. The molecule has 0 radical (unpaired) electrons. The van der Waals surface area contributed by atoms with Crippen molar-refractivity contribution in [1.29, 1.82) is 0 Å². The smallest absolute Gasteiger partial charge is 0.359 e. The van der Waals surface area contributed by atoms with Crippen LogP contribution in [-0.4, -0.2) is 55.0 Å². The normalized spacial score (nSPS) is 37.6. The van der Waals surface area contributed by atoms with Crippen molar-refractivity contribution in [3.05, 3.63) is 117 Å². The van der Waals surface area contributed by atoms with Gasteiger partial charge in [0, 0.05) is 6.42 Å². The highest BCUT2D eigenvalue weighted by atomic mass is 19.3. The molecule has 0 amide bonds. The fourth-order valence-electron chi connectivity index (χ4n) is 25.9. The Morgan fingerprint density at radius 3 is 1.03 bits per heavy atom. The molecular weight excluding hydrogens is 1360 g/mol. The molecule has 8 fully saturated rings. The van der Waals surface area contributed by atoms with E-state index in [0.717, 1.165) is 112 Å². The van der Waals surface area contributed by atoms with Crippen molar-refractivity contribution in [1.82, 2.24) is 0 Å². The summed E-state index contributed by atoms with van der Waals surface area (Å²) < 4.78 is 51.2. The first kappa shape index (κ1) is 74.3. The van der Waals surface area contributed by atoms with Crippen molar-refractivity contribution in [2.75, 3.05) is 26.4 Å². The molecule has 4 aliphatic heterocycles. The van der Waals surface area contributed by atoms with Crippen LogP contribution in [0.2, 0.25) is 0 Å². The van der Waals surface area contributed by atoms with E-state index in [4.69, 9.17) is 44.6 Å². The van der Waals surface area contributed by atoms with Gasteiger partial charge in [0.05, 0.1) is 13.0 Å². The molecule has 8 saturated carbocycles. The summed E-state index contributed by atoms with van der Waals surface area (Å²) in [5.74, 6) is 22.8. The Morgan fingerprint density at radius 1 is 0.394 bits per heavy atom. The van der Waals surface area contributed by atoms with Crippen LogP contribution in [0.3, 0.4) is 0 Å². The Hall–Kier alpha value is -7.42. The number of benzene rings is 4. The molecule has 14 heteroatoms. The third-order valence-corrected chi connectivity index (χ3v) is 33.7.